The standard InChI is InChI=1S/C14H27N3/c1-5-8-13(16-9-6-2)14(7-3)17-11-10-15-12(17)4/h10-11,13-14,16H,5-9H2,1-4H3. The van der Waals surface area contributed by atoms with Crippen LogP contribution in [0, 0.1) is 6.92 Å². The molecular formula is C14H27N3. The Hall–Kier alpha value is -0.830. The maximum Gasteiger partial charge on any atom is 0.105 e. The molecule has 0 amide bonds. The molecule has 17 heavy (non-hydrogen) atoms. The number of rotatable bonds is 8. The Bertz CT molecular complexity index is 306. The molecule has 3 heteroatoms. The fourth-order valence-corrected chi connectivity index (χ4v) is 2.48. The Labute approximate surface area is 106 Å². The van der Waals surface area contributed by atoms with E-state index in [4.69, 9.17) is 0 Å². The zero-order valence-electron chi connectivity index (χ0n) is 11.7. The number of hydrogen-bond acceptors (Lipinski definition) is 2. The van der Waals surface area contributed by atoms with Gasteiger partial charge >= 0.3 is 0 Å². The van der Waals surface area contributed by atoms with E-state index in [-0.39, 0.29) is 0 Å². The normalized spacial score (nSPS) is 14.8. The number of nitrogens with one attached hydrogen (secondary N) is 1. The molecule has 2 atom stereocenters. The average Bonchev–Trinajstić information content (AvgIpc) is 2.74. The van der Waals surface area contributed by atoms with Gasteiger partial charge in [0.2, 0.25) is 0 Å². The number of nitrogens with zero attached hydrogens (tertiary/aromatic N) is 2. The van der Waals surface area contributed by atoms with Crippen LogP contribution in [0.2, 0.25) is 0 Å². The summed E-state index contributed by atoms with van der Waals surface area (Å²) in [6.45, 7) is 9.94. The van der Waals surface area contributed by atoms with Crippen LogP contribution in [0.1, 0.15) is 58.3 Å². The highest BCUT2D eigenvalue weighted by Crippen LogP contribution is 2.21. The molecule has 1 N–H and O–H groups in total. The van der Waals surface area contributed by atoms with Crippen LogP contribution in [-0.4, -0.2) is 22.1 Å². The predicted octanol–water partition coefficient (Wildman–Crippen LogP) is 3.31. The van der Waals surface area contributed by atoms with E-state index in [0.717, 1.165) is 18.8 Å². The maximum atomic E-state index is 4.34. The number of hydrogen-bond donors (Lipinski definition) is 1. The second-order valence-electron chi connectivity index (χ2n) is 4.71. The fourth-order valence-electron chi connectivity index (χ4n) is 2.48. The lowest BCUT2D eigenvalue weighted by atomic mass is 10.00. The second-order valence-corrected chi connectivity index (χ2v) is 4.71. The average molecular weight is 237 g/mol. The Morgan fingerprint density at radius 2 is 2.06 bits per heavy atom. The minimum atomic E-state index is 0.531. The summed E-state index contributed by atoms with van der Waals surface area (Å²) < 4.78 is 2.32. The molecule has 3 nitrogen and oxygen atoms in total. The number of aryl methyl sites for hydroxylation is 1. The molecule has 0 saturated heterocycles. The van der Waals surface area contributed by atoms with Crippen LogP contribution in [0.3, 0.4) is 0 Å². The van der Waals surface area contributed by atoms with Gasteiger partial charge in [0.25, 0.3) is 0 Å². The quantitative estimate of drug-likeness (QED) is 0.751. The second kappa shape index (κ2) is 7.49. The molecule has 0 saturated carbocycles. The molecular weight excluding hydrogens is 210 g/mol. The lowest BCUT2D eigenvalue weighted by Gasteiger charge is -2.29. The van der Waals surface area contributed by atoms with Crippen LogP contribution >= 0.6 is 0 Å². The van der Waals surface area contributed by atoms with Crippen molar-refractivity contribution in [3.63, 3.8) is 0 Å². The lowest BCUT2D eigenvalue weighted by molar-refractivity contribution is 0.317. The monoisotopic (exact) mass is 237 g/mol. The van der Waals surface area contributed by atoms with Gasteiger partial charge in [-0.15, -0.1) is 0 Å². The van der Waals surface area contributed by atoms with Crippen molar-refractivity contribution in [1.82, 2.24) is 14.9 Å². The summed E-state index contributed by atoms with van der Waals surface area (Å²) in [4.78, 5) is 4.34. The van der Waals surface area contributed by atoms with Crippen molar-refractivity contribution in [3.8, 4) is 0 Å². The van der Waals surface area contributed by atoms with Crippen molar-refractivity contribution in [2.75, 3.05) is 6.54 Å². The first kappa shape index (κ1) is 14.2. The summed E-state index contributed by atoms with van der Waals surface area (Å²) >= 11 is 0. The molecule has 1 heterocycles. The van der Waals surface area contributed by atoms with E-state index in [2.05, 4.69) is 48.8 Å². The van der Waals surface area contributed by atoms with Crippen LogP contribution in [-0.2, 0) is 0 Å². The van der Waals surface area contributed by atoms with Crippen molar-refractivity contribution in [2.24, 2.45) is 0 Å². The topological polar surface area (TPSA) is 29.9 Å². The van der Waals surface area contributed by atoms with Gasteiger partial charge in [-0.1, -0.05) is 27.2 Å². The minimum Gasteiger partial charge on any atom is -0.331 e. The highest BCUT2D eigenvalue weighted by atomic mass is 15.1. The van der Waals surface area contributed by atoms with Crippen LogP contribution < -0.4 is 5.32 Å². The molecule has 0 aromatic carbocycles. The Morgan fingerprint density at radius 1 is 1.29 bits per heavy atom. The van der Waals surface area contributed by atoms with E-state index >= 15 is 0 Å². The van der Waals surface area contributed by atoms with E-state index in [1.165, 1.54) is 19.3 Å². The summed E-state index contributed by atoms with van der Waals surface area (Å²) in [6, 6.07) is 1.10. The maximum absolute atomic E-state index is 4.34. The third kappa shape index (κ3) is 3.84. The minimum absolute atomic E-state index is 0.531. The van der Waals surface area contributed by atoms with Crippen molar-refractivity contribution in [3.05, 3.63) is 18.2 Å². The predicted molar refractivity (Wildman–Crippen MR) is 73.3 cm³/mol. The third-order valence-electron chi connectivity index (χ3n) is 3.36. The van der Waals surface area contributed by atoms with E-state index in [1.54, 1.807) is 0 Å². The SMILES string of the molecule is CCCNC(CCC)C(CC)n1ccnc1C. The van der Waals surface area contributed by atoms with Crippen molar-refractivity contribution < 1.29 is 0 Å². The summed E-state index contributed by atoms with van der Waals surface area (Å²) in [5.41, 5.74) is 0. The van der Waals surface area contributed by atoms with Crippen molar-refractivity contribution in [1.29, 1.82) is 0 Å². The zero-order chi connectivity index (χ0) is 12.7. The summed E-state index contributed by atoms with van der Waals surface area (Å²) in [7, 11) is 0. The first-order valence-electron chi connectivity index (χ1n) is 6.97. The molecule has 0 radical (unpaired) electrons. The molecule has 0 spiro atoms. The van der Waals surface area contributed by atoms with Crippen LogP contribution in [0.15, 0.2) is 12.4 Å². The molecule has 98 valence electrons. The van der Waals surface area contributed by atoms with Gasteiger partial charge in [-0.2, -0.15) is 0 Å². The van der Waals surface area contributed by atoms with Gasteiger partial charge in [0.05, 0.1) is 0 Å². The van der Waals surface area contributed by atoms with Gasteiger partial charge in [0, 0.05) is 24.5 Å². The van der Waals surface area contributed by atoms with Crippen molar-refractivity contribution in [2.45, 2.75) is 65.5 Å². The molecule has 0 aliphatic heterocycles. The van der Waals surface area contributed by atoms with E-state index in [9.17, 15) is 0 Å². The Morgan fingerprint density at radius 3 is 2.53 bits per heavy atom. The summed E-state index contributed by atoms with van der Waals surface area (Å²) in [6.07, 6.45) is 8.82. The number of aromatic nitrogens is 2. The Balaban J connectivity index is 2.77. The molecule has 0 fully saturated rings. The lowest BCUT2D eigenvalue weighted by Crippen LogP contribution is -2.38. The first-order chi connectivity index (χ1) is 8.24. The molecule has 1 rings (SSSR count). The highest BCUT2D eigenvalue weighted by molar-refractivity contribution is 4.95. The van der Waals surface area contributed by atoms with Gasteiger partial charge in [-0.3, -0.25) is 0 Å². The van der Waals surface area contributed by atoms with E-state index < -0.39 is 0 Å². The molecule has 0 bridgehead atoms. The fraction of sp³-hybridized carbons (Fsp3) is 0.786. The third-order valence-corrected chi connectivity index (χ3v) is 3.36. The molecule has 2 unspecified atom stereocenters. The van der Waals surface area contributed by atoms with E-state index in [1.807, 2.05) is 6.20 Å². The highest BCUT2D eigenvalue weighted by Gasteiger charge is 2.20. The molecule has 0 aliphatic rings. The van der Waals surface area contributed by atoms with Crippen LogP contribution in [0.5, 0.6) is 0 Å². The van der Waals surface area contributed by atoms with Gasteiger partial charge in [0.1, 0.15) is 5.82 Å². The van der Waals surface area contributed by atoms with Crippen LogP contribution in [0.4, 0.5) is 0 Å². The molecule has 1 aromatic rings. The summed E-state index contributed by atoms with van der Waals surface area (Å²) in [5.74, 6) is 1.12. The van der Waals surface area contributed by atoms with Gasteiger partial charge in [-0.05, 0) is 32.7 Å². The van der Waals surface area contributed by atoms with Crippen molar-refractivity contribution >= 4 is 0 Å². The molecule has 1 aromatic heterocycles. The van der Waals surface area contributed by atoms with Gasteiger partial charge < -0.3 is 9.88 Å². The van der Waals surface area contributed by atoms with Gasteiger partial charge in [0.15, 0.2) is 0 Å². The van der Waals surface area contributed by atoms with E-state index in [0.29, 0.717) is 12.1 Å². The Kier molecular flexibility index (Phi) is 6.27. The van der Waals surface area contributed by atoms with Gasteiger partial charge in [-0.25, -0.2) is 4.98 Å². The first-order valence-corrected chi connectivity index (χ1v) is 6.97. The smallest absolute Gasteiger partial charge is 0.105 e. The number of imidazole rings is 1. The van der Waals surface area contributed by atoms with Crippen LogP contribution in [0.25, 0.3) is 0 Å². The zero-order valence-corrected chi connectivity index (χ0v) is 11.7. The summed E-state index contributed by atoms with van der Waals surface area (Å²) in [5, 5.41) is 3.69. The largest absolute Gasteiger partial charge is 0.331 e. The molecule has 0 aliphatic carbocycles.